The van der Waals surface area contributed by atoms with E-state index >= 15 is 0 Å². The normalized spacial score (nSPS) is 28.4. The molecule has 114 valence electrons. The molecule has 1 N–H and O–H groups in total. The fourth-order valence-corrected chi connectivity index (χ4v) is 4.11. The lowest BCUT2D eigenvalue weighted by Crippen LogP contribution is -2.30. The highest BCUT2D eigenvalue weighted by Crippen LogP contribution is 2.49. The van der Waals surface area contributed by atoms with Crippen LogP contribution in [0, 0.1) is 17.8 Å². The molecule has 4 nitrogen and oxygen atoms in total. The van der Waals surface area contributed by atoms with Gasteiger partial charge < -0.3 is 10.2 Å². The zero-order valence-electron chi connectivity index (χ0n) is 13.2. The van der Waals surface area contributed by atoms with E-state index in [0.717, 1.165) is 23.6 Å². The predicted molar refractivity (Wildman–Crippen MR) is 84.3 cm³/mol. The summed E-state index contributed by atoms with van der Waals surface area (Å²) in [4.78, 5) is 17.8. The van der Waals surface area contributed by atoms with E-state index in [9.17, 15) is 4.79 Å². The number of aromatic nitrogens is 1. The summed E-state index contributed by atoms with van der Waals surface area (Å²) >= 11 is 0. The molecule has 0 aromatic carbocycles. The summed E-state index contributed by atoms with van der Waals surface area (Å²) in [6.45, 7) is 2.27. The first-order valence-electron chi connectivity index (χ1n) is 7.99. The third kappa shape index (κ3) is 2.89. The van der Waals surface area contributed by atoms with Gasteiger partial charge in [-0.25, -0.2) is 4.98 Å². The number of fused-ring (bicyclic) bond motifs is 2. The summed E-state index contributed by atoms with van der Waals surface area (Å²) in [7, 11) is 3.51. The van der Waals surface area contributed by atoms with E-state index in [4.69, 9.17) is 0 Å². The van der Waals surface area contributed by atoms with Crippen LogP contribution in [0.25, 0.3) is 0 Å². The van der Waals surface area contributed by atoms with E-state index in [1.54, 1.807) is 25.2 Å². The van der Waals surface area contributed by atoms with E-state index < -0.39 is 0 Å². The van der Waals surface area contributed by atoms with Crippen LogP contribution in [0.1, 0.15) is 43.0 Å². The number of hydrogen-bond acceptors (Lipinski definition) is 3. The van der Waals surface area contributed by atoms with Crippen molar-refractivity contribution in [2.45, 2.75) is 38.6 Å². The van der Waals surface area contributed by atoms with Crippen LogP contribution in [0.15, 0.2) is 18.3 Å². The summed E-state index contributed by atoms with van der Waals surface area (Å²) in [6, 6.07) is 4.23. The molecule has 1 aromatic rings. The van der Waals surface area contributed by atoms with Crippen LogP contribution >= 0.6 is 0 Å². The van der Waals surface area contributed by atoms with Gasteiger partial charge >= 0.3 is 0 Å². The number of anilines is 1. The van der Waals surface area contributed by atoms with Crippen molar-refractivity contribution >= 4 is 11.7 Å². The Morgan fingerprint density at radius 2 is 2.14 bits per heavy atom. The minimum absolute atomic E-state index is 0.00444. The summed E-state index contributed by atoms with van der Waals surface area (Å²) in [5.41, 5.74) is 0.637. The Kier molecular flexibility index (Phi) is 3.87. The van der Waals surface area contributed by atoms with Crippen LogP contribution in [0.2, 0.25) is 0 Å². The van der Waals surface area contributed by atoms with Gasteiger partial charge in [0, 0.05) is 26.3 Å². The van der Waals surface area contributed by atoms with Crippen LogP contribution in [-0.2, 0) is 0 Å². The van der Waals surface area contributed by atoms with Gasteiger partial charge in [-0.15, -0.1) is 0 Å². The zero-order valence-corrected chi connectivity index (χ0v) is 13.2. The highest BCUT2D eigenvalue weighted by Gasteiger charge is 2.41. The lowest BCUT2D eigenvalue weighted by Gasteiger charge is -2.28. The molecule has 3 rings (SSSR count). The molecule has 4 heteroatoms. The Bertz CT molecular complexity index is 511. The zero-order chi connectivity index (χ0) is 15.0. The minimum Gasteiger partial charge on any atom is -0.367 e. The maximum Gasteiger partial charge on any atom is 0.254 e. The monoisotopic (exact) mass is 287 g/mol. The van der Waals surface area contributed by atoms with Gasteiger partial charge in [-0.1, -0.05) is 6.42 Å². The van der Waals surface area contributed by atoms with Crippen LogP contribution in [0.5, 0.6) is 0 Å². The van der Waals surface area contributed by atoms with Crippen molar-refractivity contribution in [1.29, 1.82) is 0 Å². The molecule has 4 atom stereocenters. The van der Waals surface area contributed by atoms with E-state index in [1.165, 1.54) is 25.7 Å². The summed E-state index contributed by atoms with van der Waals surface area (Å²) in [6.07, 6.45) is 7.31. The largest absolute Gasteiger partial charge is 0.367 e. The van der Waals surface area contributed by atoms with E-state index in [2.05, 4.69) is 17.2 Å². The second kappa shape index (κ2) is 5.66. The number of hydrogen-bond donors (Lipinski definition) is 1. The van der Waals surface area contributed by atoms with E-state index in [0.29, 0.717) is 11.6 Å². The topological polar surface area (TPSA) is 45.2 Å². The number of carbonyl (C=O) groups excluding carboxylic acids is 1. The Hall–Kier alpha value is -1.58. The predicted octanol–water partition coefficient (Wildman–Crippen LogP) is 3.02. The number of rotatable bonds is 4. The molecular weight excluding hydrogens is 262 g/mol. The molecule has 0 radical (unpaired) electrons. The van der Waals surface area contributed by atoms with Crippen molar-refractivity contribution in [1.82, 2.24) is 9.88 Å². The van der Waals surface area contributed by atoms with Crippen molar-refractivity contribution in [2.24, 2.45) is 17.8 Å². The average Bonchev–Trinajstić information content (AvgIpc) is 3.10. The van der Waals surface area contributed by atoms with E-state index in [1.807, 2.05) is 12.1 Å². The molecule has 1 heterocycles. The quantitative estimate of drug-likeness (QED) is 0.926. The fraction of sp³-hybridized carbons (Fsp3) is 0.647. The number of carbonyl (C=O) groups is 1. The van der Waals surface area contributed by atoms with Crippen molar-refractivity contribution in [3.05, 3.63) is 23.9 Å². The lowest BCUT2D eigenvalue weighted by molar-refractivity contribution is 0.0827. The van der Waals surface area contributed by atoms with Gasteiger partial charge in [-0.3, -0.25) is 4.79 Å². The van der Waals surface area contributed by atoms with Crippen molar-refractivity contribution in [2.75, 3.05) is 19.4 Å². The molecule has 2 fully saturated rings. The standard InChI is InChI=1S/C17H25N3O/c1-11(15-9-12-4-5-13(15)8-12)19-16-7-6-14(10-18-16)17(21)20(2)3/h6-7,10-13,15H,4-5,8-9H2,1-3H3,(H,18,19). The van der Waals surface area contributed by atoms with Crippen LogP contribution in [-0.4, -0.2) is 35.9 Å². The maximum atomic E-state index is 11.8. The Labute approximate surface area is 126 Å². The Morgan fingerprint density at radius 1 is 1.33 bits per heavy atom. The molecule has 1 amide bonds. The molecular formula is C17H25N3O. The fourth-order valence-electron chi connectivity index (χ4n) is 4.11. The summed E-state index contributed by atoms with van der Waals surface area (Å²) < 4.78 is 0. The smallest absolute Gasteiger partial charge is 0.254 e. The first-order valence-corrected chi connectivity index (χ1v) is 7.99. The number of nitrogens with zero attached hydrogens (tertiary/aromatic N) is 2. The van der Waals surface area contributed by atoms with Crippen LogP contribution in [0.3, 0.4) is 0 Å². The average molecular weight is 287 g/mol. The molecule has 1 aromatic heterocycles. The van der Waals surface area contributed by atoms with E-state index in [-0.39, 0.29) is 5.91 Å². The highest BCUT2D eigenvalue weighted by atomic mass is 16.2. The molecule has 2 saturated carbocycles. The number of nitrogens with one attached hydrogen (secondary N) is 1. The van der Waals surface area contributed by atoms with Gasteiger partial charge in [0.05, 0.1) is 5.56 Å². The molecule has 2 aliphatic rings. The molecule has 0 spiro atoms. The minimum atomic E-state index is -0.00444. The highest BCUT2D eigenvalue weighted by molar-refractivity contribution is 5.93. The number of pyridine rings is 1. The lowest BCUT2D eigenvalue weighted by atomic mass is 9.84. The van der Waals surface area contributed by atoms with Gasteiger partial charge in [-0.05, 0) is 56.1 Å². The molecule has 2 aliphatic carbocycles. The third-order valence-electron chi connectivity index (χ3n) is 5.23. The molecule has 4 unspecified atom stereocenters. The first-order chi connectivity index (χ1) is 10.0. The van der Waals surface area contributed by atoms with Gasteiger partial charge in [0.25, 0.3) is 5.91 Å². The van der Waals surface area contributed by atoms with Gasteiger partial charge in [0.2, 0.25) is 0 Å². The molecule has 0 saturated heterocycles. The maximum absolute atomic E-state index is 11.8. The van der Waals surface area contributed by atoms with Crippen LogP contribution < -0.4 is 5.32 Å². The van der Waals surface area contributed by atoms with Crippen molar-refractivity contribution < 1.29 is 4.79 Å². The van der Waals surface area contributed by atoms with Gasteiger partial charge in [-0.2, -0.15) is 0 Å². The first kappa shape index (κ1) is 14.4. The second-order valence-electron chi connectivity index (χ2n) is 6.90. The molecule has 21 heavy (non-hydrogen) atoms. The van der Waals surface area contributed by atoms with Crippen LogP contribution in [0.4, 0.5) is 5.82 Å². The number of amides is 1. The van der Waals surface area contributed by atoms with Crippen molar-refractivity contribution in [3.63, 3.8) is 0 Å². The van der Waals surface area contributed by atoms with Crippen molar-refractivity contribution in [3.8, 4) is 0 Å². The third-order valence-corrected chi connectivity index (χ3v) is 5.23. The Balaban J connectivity index is 1.61. The Morgan fingerprint density at radius 3 is 2.67 bits per heavy atom. The SMILES string of the molecule is CC(Nc1ccc(C(=O)N(C)C)cn1)C1CC2CCC1C2. The summed E-state index contributed by atoms with van der Waals surface area (Å²) in [5, 5.41) is 3.53. The summed E-state index contributed by atoms with van der Waals surface area (Å²) in [5.74, 6) is 3.54. The van der Waals surface area contributed by atoms with Gasteiger partial charge in [0.1, 0.15) is 5.82 Å². The van der Waals surface area contributed by atoms with Gasteiger partial charge in [0.15, 0.2) is 0 Å². The molecule has 0 aliphatic heterocycles. The second-order valence-corrected chi connectivity index (χ2v) is 6.90. The molecule has 2 bridgehead atoms.